The number of nitrogens with zero attached hydrogens (tertiary/aromatic N) is 4. The Morgan fingerprint density at radius 1 is 0.758 bits per heavy atom. The smallest absolute Gasteiger partial charge is 0.284 e. The van der Waals surface area contributed by atoms with Gasteiger partial charge in [0.1, 0.15) is 5.56 Å². The molecule has 6 nitrogen and oxygen atoms in total. The molecule has 3 aromatic carbocycles. The zero-order valence-electron chi connectivity index (χ0n) is 18.3. The van der Waals surface area contributed by atoms with Gasteiger partial charge < -0.3 is 0 Å². The summed E-state index contributed by atoms with van der Waals surface area (Å²) in [5.41, 5.74) is 7.11. The van der Waals surface area contributed by atoms with Crippen LogP contribution in [0.1, 0.15) is 11.4 Å². The van der Waals surface area contributed by atoms with E-state index in [-0.39, 0.29) is 5.56 Å². The molecule has 1 N–H and O–H groups in total. The monoisotopic (exact) mass is 431 g/mol. The summed E-state index contributed by atoms with van der Waals surface area (Å²) in [6.45, 7) is 3.84. The summed E-state index contributed by atoms with van der Waals surface area (Å²) in [7, 11) is 0. The van der Waals surface area contributed by atoms with Gasteiger partial charge in [0.25, 0.3) is 5.56 Å². The Balaban J connectivity index is 1.68. The lowest BCUT2D eigenvalue weighted by atomic mass is 10.1. The highest BCUT2D eigenvalue weighted by molar-refractivity contribution is 5.85. The van der Waals surface area contributed by atoms with Gasteiger partial charge in [-0.1, -0.05) is 60.7 Å². The van der Waals surface area contributed by atoms with Crippen LogP contribution < -0.4 is 5.56 Å². The average molecular weight is 431 g/mol. The number of aryl methyl sites for hydroxylation is 2. The van der Waals surface area contributed by atoms with E-state index >= 15 is 0 Å². The van der Waals surface area contributed by atoms with Crippen molar-refractivity contribution in [3.05, 3.63) is 107 Å². The van der Waals surface area contributed by atoms with Crippen molar-refractivity contribution in [1.29, 1.82) is 0 Å². The first-order valence-electron chi connectivity index (χ1n) is 10.8. The Bertz CT molecular complexity index is 1690. The lowest BCUT2D eigenvalue weighted by molar-refractivity contribution is 0.871. The number of para-hydroxylation sites is 3. The van der Waals surface area contributed by atoms with Crippen molar-refractivity contribution < 1.29 is 0 Å². The lowest BCUT2D eigenvalue weighted by Crippen LogP contribution is -2.20. The van der Waals surface area contributed by atoms with Crippen LogP contribution in [-0.2, 0) is 0 Å². The number of fused-ring (bicyclic) bond motifs is 2. The molecule has 0 saturated heterocycles. The lowest BCUT2D eigenvalue weighted by Gasteiger charge is -2.11. The third-order valence-corrected chi connectivity index (χ3v) is 6.00. The van der Waals surface area contributed by atoms with Crippen LogP contribution >= 0.6 is 0 Å². The number of hydrogen-bond acceptors (Lipinski definition) is 3. The number of hydrogen-bond donors (Lipinski definition) is 1. The van der Waals surface area contributed by atoms with Gasteiger partial charge in [-0.05, 0) is 43.7 Å². The summed E-state index contributed by atoms with van der Waals surface area (Å²) >= 11 is 0. The first-order valence-corrected chi connectivity index (χ1v) is 10.8. The van der Waals surface area contributed by atoms with E-state index in [0.717, 1.165) is 33.5 Å². The highest BCUT2D eigenvalue weighted by atomic mass is 16.1. The van der Waals surface area contributed by atoms with Gasteiger partial charge in [-0.15, -0.1) is 0 Å². The number of aromatic nitrogens is 5. The molecule has 0 aliphatic heterocycles. The Morgan fingerprint density at radius 2 is 1.42 bits per heavy atom. The topological polar surface area (TPSA) is 68.0 Å². The van der Waals surface area contributed by atoms with Crippen molar-refractivity contribution in [2.75, 3.05) is 0 Å². The normalized spacial score (nSPS) is 11.5. The maximum atomic E-state index is 13.8. The minimum Gasteiger partial charge on any atom is -0.293 e. The van der Waals surface area contributed by atoms with Gasteiger partial charge in [0.2, 0.25) is 0 Å². The molecular formula is C27H21N5O. The van der Waals surface area contributed by atoms with E-state index in [1.165, 1.54) is 4.52 Å². The number of H-pyrrole nitrogens is 1. The SMILES string of the molecule is Cc1nc2c(-c3ccccc3)c(C)[nH]n2c(=O)c1-c1nc2ccccc2n1-c1ccccc1. The molecule has 0 atom stereocenters. The van der Waals surface area contributed by atoms with E-state index < -0.39 is 0 Å². The Kier molecular flexibility index (Phi) is 4.26. The fraction of sp³-hybridized carbons (Fsp3) is 0.0741. The van der Waals surface area contributed by atoms with E-state index in [2.05, 4.69) is 5.10 Å². The molecule has 0 fully saturated rings. The van der Waals surface area contributed by atoms with Crippen LogP contribution in [0, 0.1) is 13.8 Å². The number of imidazole rings is 1. The van der Waals surface area contributed by atoms with E-state index in [0.29, 0.717) is 22.7 Å². The van der Waals surface area contributed by atoms with Gasteiger partial charge >= 0.3 is 0 Å². The molecule has 3 heterocycles. The van der Waals surface area contributed by atoms with Gasteiger partial charge in [0.05, 0.1) is 16.7 Å². The number of benzene rings is 3. The quantitative estimate of drug-likeness (QED) is 0.413. The predicted octanol–water partition coefficient (Wildman–Crippen LogP) is 5.31. The van der Waals surface area contributed by atoms with Crippen molar-refractivity contribution >= 4 is 16.7 Å². The third-order valence-electron chi connectivity index (χ3n) is 6.00. The zero-order valence-corrected chi connectivity index (χ0v) is 18.3. The van der Waals surface area contributed by atoms with Crippen molar-refractivity contribution in [2.45, 2.75) is 13.8 Å². The van der Waals surface area contributed by atoms with Crippen LogP contribution in [0.3, 0.4) is 0 Å². The van der Waals surface area contributed by atoms with Crippen LogP contribution in [0.25, 0.3) is 44.9 Å². The standard InChI is InChI=1S/C27H21N5O/c1-17-24(25-29-21-15-9-10-16-22(21)31(25)20-13-7-4-8-14-20)27(33)32-26(28-17)23(18(2)30-32)19-11-5-3-6-12-19/h3-16,30H,1-2H3. The van der Waals surface area contributed by atoms with Crippen molar-refractivity contribution in [3.8, 4) is 28.2 Å². The molecule has 6 aromatic rings. The maximum Gasteiger partial charge on any atom is 0.284 e. The van der Waals surface area contributed by atoms with Crippen LogP contribution in [0.2, 0.25) is 0 Å². The van der Waals surface area contributed by atoms with Crippen molar-refractivity contribution in [2.24, 2.45) is 0 Å². The Labute approximate surface area is 189 Å². The number of rotatable bonds is 3. The molecule has 3 aromatic heterocycles. The largest absolute Gasteiger partial charge is 0.293 e. The Morgan fingerprint density at radius 3 is 2.18 bits per heavy atom. The minimum atomic E-state index is -0.171. The summed E-state index contributed by atoms with van der Waals surface area (Å²) in [5.74, 6) is 0.584. The summed E-state index contributed by atoms with van der Waals surface area (Å²) in [4.78, 5) is 23.6. The molecular weight excluding hydrogens is 410 g/mol. The van der Waals surface area contributed by atoms with Gasteiger partial charge in [-0.25, -0.2) is 14.5 Å². The molecule has 0 saturated carbocycles. The van der Waals surface area contributed by atoms with Crippen LogP contribution in [0.15, 0.2) is 89.7 Å². The fourth-order valence-corrected chi connectivity index (χ4v) is 4.53. The molecule has 0 radical (unpaired) electrons. The second-order valence-corrected chi connectivity index (χ2v) is 8.11. The number of aromatic amines is 1. The molecule has 6 rings (SSSR count). The van der Waals surface area contributed by atoms with Gasteiger partial charge in [-0.2, -0.15) is 0 Å². The summed E-state index contributed by atoms with van der Waals surface area (Å²) in [6.07, 6.45) is 0. The highest BCUT2D eigenvalue weighted by Gasteiger charge is 2.23. The van der Waals surface area contributed by atoms with E-state index in [1.54, 1.807) is 0 Å². The summed E-state index contributed by atoms with van der Waals surface area (Å²) in [5, 5.41) is 3.23. The fourth-order valence-electron chi connectivity index (χ4n) is 4.53. The van der Waals surface area contributed by atoms with E-state index in [9.17, 15) is 4.79 Å². The number of nitrogens with one attached hydrogen (secondary N) is 1. The molecule has 0 amide bonds. The van der Waals surface area contributed by atoms with Gasteiger partial charge in [0, 0.05) is 16.9 Å². The highest BCUT2D eigenvalue weighted by Crippen LogP contribution is 2.31. The second kappa shape index (κ2) is 7.31. The average Bonchev–Trinajstić information content (AvgIpc) is 3.37. The molecule has 33 heavy (non-hydrogen) atoms. The molecule has 0 spiro atoms. The maximum absolute atomic E-state index is 13.8. The molecule has 0 unspecified atom stereocenters. The van der Waals surface area contributed by atoms with E-state index in [1.807, 2.05) is 103 Å². The molecule has 0 bridgehead atoms. The summed E-state index contributed by atoms with van der Waals surface area (Å²) in [6, 6.07) is 27.9. The van der Waals surface area contributed by atoms with Crippen LogP contribution in [-0.4, -0.2) is 24.1 Å². The molecule has 0 aliphatic rings. The molecule has 160 valence electrons. The van der Waals surface area contributed by atoms with Gasteiger partial charge in [-0.3, -0.25) is 14.5 Å². The summed E-state index contributed by atoms with van der Waals surface area (Å²) < 4.78 is 3.57. The second-order valence-electron chi connectivity index (χ2n) is 8.11. The first kappa shape index (κ1) is 19.3. The molecule has 0 aliphatic carbocycles. The van der Waals surface area contributed by atoms with Crippen LogP contribution in [0.4, 0.5) is 0 Å². The Hall–Kier alpha value is -4.45. The zero-order chi connectivity index (χ0) is 22.5. The van der Waals surface area contributed by atoms with Crippen LogP contribution in [0.5, 0.6) is 0 Å². The third kappa shape index (κ3) is 2.91. The van der Waals surface area contributed by atoms with Crippen molar-refractivity contribution in [3.63, 3.8) is 0 Å². The first-order chi connectivity index (χ1) is 16.1. The van der Waals surface area contributed by atoms with Crippen molar-refractivity contribution in [1.82, 2.24) is 24.1 Å². The minimum absolute atomic E-state index is 0.171. The van der Waals surface area contributed by atoms with E-state index in [4.69, 9.17) is 9.97 Å². The van der Waals surface area contributed by atoms with Gasteiger partial charge in [0.15, 0.2) is 11.5 Å². The molecule has 6 heteroatoms. The predicted molar refractivity (Wildman–Crippen MR) is 131 cm³/mol.